The fourth-order valence-corrected chi connectivity index (χ4v) is 5.11. The van der Waals surface area contributed by atoms with Crippen molar-refractivity contribution in [2.75, 3.05) is 67.2 Å². The molecule has 0 spiro atoms. The molecule has 0 aromatic rings. The molecule has 0 saturated carbocycles. The monoisotopic (exact) mass is 396 g/mol. The van der Waals surface area contributed by atoms with Crippen molar-refractivity contribution in [3.8, 4) is 0 Å². The first-order valence-corrected chi connectivity index (χ1v) is 11.8. The van der Waals surface area contributed by atoms with Crippen molar-refractivity contribution in [2.45, 2.75) is 38.0 Å². The molecule has 0 amide bonds. The van der Waals surface area contributed by atoms with Crippen LogP contribution in [0.3, 0.4) is 0 Å². The molecule has 0 rings (SSSR count). The van der Waals surface area contributed by atoms with Crippen LogP contribution in [0.1, 0.15) is 19.3 Å². The Balaban J connectivity index is 4.84. The fourth-order valence-electron chi connectivity index (χ4n) is 2.65. The molecule has 10 heteroatoms. The van der Waals surface area contributed by atoms with E-state index in [1.54, 1.807) is 0 Å². The maximum absolute atomic E-state index is 6.15. The minimum absolute atomic E-state index is 0.586. The molecule has 9 nitrogen and oxygen atoms in total. The van der Waals surface area contributed by atoms with E-state index >= 15 is 0 Å². The SMILES string of the molecule is COC(OC)(OC)O[Si](C)(CCCN(CCN)CCN)OCCCCN. The van der Waals surface area contributed by atoms with Crippen LogP contribution in [-0.2, 0) is 23.1 Å². The molecular weight excluding hydrogens is 356 g/mol. The molecule has 0 aliphatic rings. The molecule has 0 fully saturated rings. The largest absolute Gasteiger partial charge is 0.403 e. The summed E-state index contributed by atoms with van der Waals surface area (Å²) in [5.41, 5.74) is 16.9. The highest BCUT2D eigenvalue weighted by molar-refractivity contribution is 6.66. The van der Waals surface area contributed by atoms with Crippen LogP contribution < -0.4 is 17.2 Å². The lowest BCUT2D eigenvalue weighted by Gasteiger charge is -2.37. The molecule has 0 radical (unpaired) electrons. The van der Waals surface area contributed by atoms with Crippen LogP contribution in [0.4, 0.5) is 0 Å². The number of hydrogen-bond acceptors (Lipinski definition) is 9. The highest BCUT2D eigenvalue weighted by atomic mass is 28.4. The second kappa shape index (κ2) is 14.9. The van der Waals surface area contributed by atoms with Gasteiger partial charge in [0.05, 0.1) is 0 Å². The van der Waals surface area contributed by atoms with E-state index in [0.717, 1.165) is 44.9 Å². The van der Waals surface area contributed by atoms with Crippen LogP contribution in [0, 0.1) is 0 Å². The summed E-state index contributed by atoms with van der Waals surface area (Å²) < 4.78 is 28.1. The topological polar surface area (TPSA) is 127 Å². The summed E-state index contributed by atoms with van der Waals surface area (Å²) in [4.78, 5) is 2.25. The Kier molecular flexibility index (Phi) is 14.8. The zero-order chi connectivity index (χ0) is 19.9. The number of rotatable bonds is 18. The molecule has 0 aromatic carbocycles. The standard InChI is InChI=1S/C16H40N4O5Si/c1-21-16(22-2,23-3)25-26(4,24-14-6-5-8-17)15-7-11-20(12-9-18)13-10-19/h5-15,17-19H2,1-4H3. The van der Waals surface area contributed by atoms with Crippen molar-refractivity contribution >= 4 is 8.56 Å². The van der Waals surface area contributed by atoms with Gasteiger partial charge in [-0.1, -0.05) is 0 Å². The van der Waals surface area contributed by atoms with E-state index < -0.39 is 14.7 Å². The summed E-state index contributed by atoms with van der Waals surface area (Å²) in [6.45, 7) is 6.99. The van der Waals surface area contributed by atoms with Gasteiger partial charge in [0.25, 0.3) is 0 Å². The average Bonchev–Trinajstić information content (AvgIpc) is 2.64. The second-order valence-electron chi connectivity index (χ2n) is 6.22. The number of methoxy groups -OCH3 is 3. The predicted molar refractivity (Wildman–Crippen MR) is 105 cm³/mol. The Labute approximate surface area is 159 Å². The normalized spacial score (nSPS) is 14.8. The molecular formula is C16H40N4O5Si. The Hall–Kier alpha value is -0.143. The van der Waals surface area contributed by atoms with Gasteiger partial charge >= 0.3 is 14.7 Å². The van der Waals surface area contributed by atoms with Gasteiger partial charge in [-0.25, -0.2) is 0 Å². The van der Waals surface area contributed by atoms with Crippen LogP contribution in [0.2, 0.25) is 12.6 Å². The highest BCUT2D eigenvalue weighted by Crippen LogP contribution is 2.26. The van der Waals surface area contributed by atoms with E-state index in [1.165, 1.54) is 21.3 Å². The Morgan fingerprint density at radius 2 is 1.38 bits per heavy atom. The minimum atomic E-state index is -2.62. The van der Waals surface area contributed by atoms with Gasteiger partial charge in [-0.3, -0.25) is 0 Å². The van der Waals surface area contributed by atoms with E-state index in [2.05, 4.69) is 4.90 Å². The molecule has 0 saturated heterocycles. The van der Waals surface area contributed by atoms with Gasteiger partial charge < -0.3 is 45.2 Å². The number of nitrogens with two attached hydrogens (primary N) is 3. The van der Waals surface area contributed by atoms with Crippen molar-refractivity contribution in [3.05, 3.63) is 0 Å². The van der Waals surface area contributed by atoms with Gasteiger partial charge in [0, 0.05) is 54.1 Å². The molecule has 26 heavy (non-hydrogen) atoms. The van der Waals surface area contributed by atoms with Gasteiger partial charge in [-0.05, 0) is 44.9 Å². The second-order valence-corrected chi connectivity index (χ2v) is 9.48. The molecule has 0 aliphatic carbocycles. The lowest BCUT2D eigenvalue weighted by Crippen LogP contribution is -2.52. The van der Waals surface area contributed by atoms with Gasteiger partial charge in [0.15, 0.2) is 0 Å². The molecule has 0 bridgehead atoms. The number of ether oxygens (including phenoxy) is 3. The minimum Gasteiger partial charge on any atom is -0.394 e. The average molecular weight is 397 g/mol. The number of hydrogen-bond donors (Lipinski definition) is 3. The zero-order valence-corrected chi connectivity index (χ0v) is 18.0. The van der Waals surface area contributed by atoms with Crippen LogP contribution in [-0.4, -0.2) is 86.8 Å². The third-order valence-electron chi connectivity index (χ3n) is 4.09. The highest BCUT2D eigenvalue weighted by Gasteiger charge is 2.44. The summed E-state index contributed by atoms with van der Waals surface area (Å²) in [7, 11) is 1.80. The molecule has 158 valence electrons. The van der Waals surface area contributed by atoms with Crippen LogP contribution in [0.5, 0.6) is 0 Å². The zero-order valence-electron chi connectivity index (χ0n) is 17.0. The smallest absolute Gasteiger partial charge is 0.394 e. The van der Waals surface area contributed by atoms with E-state index in [1.807, 2.05) is 6.55 Å². The van der Waals surface area contributed by atoms with Crippen molar-refractivity contribution in [3.63, 3.8) is 0 Å². The third-order valence-corrected chi connectivity index (χ3v) is 6.85. The molecule has 0 aliphatic heterocycles. The van der Waals surface area contributed by atoms with Crippen molar-refractivity contribution < 1.29 is 23.1 Å². The van der Waals surface area contributed by atoms with Crippen molar-refractivity contribution in [1.29, 1.82) is 0 Å². The van der Waals surface area contributed by atoms with Crippen LogP contribution in [0.25, 0.3) is 0 Å². The lowest BCUT2D eigenvalue weighted by molar-refractivity contribution is -0.456. The molecule has 1 atom stereocenters. The number of unbranched alkanes of at least 4 members (excludes halogenated alkanes) is 1. The molecule has 1 unspecified atom stereocenters. The van der Waals surface area contributed by atoms with Crippen molar-refractivity contribution in [1.82, 2.24) is 4.90 Å². The summed E-state index contributed by atoms with van der Waals surface area (Å²) in [5.74, 6) is 0. The summed E-state index contributed by atoms with van der Waals surface area (Å²) in [5, 5.41) is 0. The Morgan fingerprint density at radius 3 is 1.85 bits per heavy atom. The van der Waals surface area contributed by atoms with Gasteiger partial charge in [0.2, 0.25) is 0 Å². The summed E-state index contributed by atoms with van der Waals surface area (Å²) in [6, 6.07) is 0.763. The van der Waals surface area contributed by atoms with Gasteiger partial charge in [0.1, 0.15) is 0 Å². The quantitative estimate of drug-likeness (QED) is 0.166. The Bertz CT molecular complexity index is 325. The first kappa shape index (κ1) is 25.9. The van der Waals surface area contributed by atoms with Crippen LogP contribution >= 0.6 is 0 Å². The lowest BCUT2D eigenvalue weighted by atomic mass is 10.3. The fraction of sp³-hybridized carbons (Fsp3) is 1.00. The molecule has 0 heterocycles. The first-order valence-electron chi connectivity index (χ1n) is 9.27. The van der Waals surface area contributed by atoms with E-state index in [4.69, 9.17) is 40.3 Å². The molecule has 6 N–H and O–H groups in total. The van der Waals surface area contributed by atoms with E-state index in [-0.39, 0.29) is 0 Å². The van der Waals surface area contributed by atoms with E-state index in [9.17, 15) is 0 Å². The van der Waals surface area contributed by atoms with Crippen LogP contribution in [0.15, 0.2) is 0 Å². The summed E-state index contributed by atoms with van der Waals surface area (Å²) in [6.07, 6.45) is 1.14. The first-order chi connectivity index (χ1) is 12.4. The van der Waals surface area contributed by atoms with Gasteiger partial charge in [-0.15, -0.1) is 0 Å². The number of nitrogens with zero attached hydrogens (tertiary/aromatic N) is 1. The van der Waals surface area contributed by atoms with E-state index in [0.29, 0.717) is 26.2 Å². The maximum atomic E-state index is 6.15. The van der Waals surface area contributed by atoms with Gasteiger partial charge in [-0.2, -0.15) is 0 Å². The summed E-state index contributed by atoms with van der Waals surface area (Å²) >= 11 is 0. The maximum Gasteiger partial charge on any atom is 0.403 e. The third kappa shape index (κ3) is 10.3. The molecule has 0 aromatic heterocycles. The Morgan fingerprint density at radius 1 is 0.808 bits per heavy atom. The predicted octanol–water partition coefficient (Wildman–Crippen LogP) is -0.00950. The van der Waals surface area contributed by atoms with Crippen molar-refractivity contribution in [2.24, 2.45) is 17.2 Å².